The summed E-state index contributed by atoms with van der Waals surface area (Å²) in [5.74, 6) is 0.599. The second kappa shape index (κ2) is 4.07. The van der Waals surface area contributed by atoms with Gasteiger partial charge in [0, 0.05) is 18.9 Å². The average Bonchev–Trinajstić information content (AvgIpc) is 2.03. The topological polar surface area (TPSA) is 37.8 Å². The lowest BCUT2D eigenvalue weighted by Crippen LogP contribution is -2.04. The van der Waals surface area contributed by atoms with Gasteiger partial charge in [0.05, 0.1) is 0 Å². The van der Waals surface area contributed by atoms with Crippen molar-refractivity contribution in [3.8, 4) is 0 Å². The number of anilines is 1. The number of hydrogen-bond acceptors (Lipinski definition) is 3. The maximum absolute atomic E-state index is 5.74. The van der Waals surface area contributed by atoms with E-state index in [1.807, 2.05) is 6.92 Å². The van der Waals surface area contributed by atoms with E-state index in [9.17, 15) is 0 Å². The summed E-state index contributed by atoms with van der Waals surface area (Å²) in [7, 11) is 0. The number of hydrogen-bond donors (Lipinski definition) is 1. The van der Waals surface area contributed by atoms with Crippen molar-refractivity contribution in [2.75, 3.05) is 11.9 Å². The summed E-state index contributed by atoms with van der Waals surface area (Å²) >= 11 is 5.74. The standard InChI is InChI=1S/C8H10ClN3/c1-6(2)5-12-8-7(9)10-3-4-11-8/h3-4H,1,5H2,2H3,(H,11,12). The summed E-state index contributed by atoms with van der Waals surface area (Å²) in [6.07, 6.45) is 3.14. The van der Waals surface area contributed by atoms with Crippen molar-refractivity contribution in [2.45, 2.75) is 6.92 Å². The first-order chi connectivity index (χ1) is 5.70. The smallest absolute Gasteiger partial charge is 0.171 e. The lowest BCUT2D eigenvalue weighted by atomic mass is 10.3. The molecule has 1 aromatic heterocycles. The van der Waals surface area contributed by atoms with E-state index in [1.165, 1.54) is 0 Å². The highest BCUT2D eigenvalue weighted by Crippen LogP contribution is 2.13. The van der Waals surface area contributed by atoms with Gasteiger partial charge in [-0.1, -0.05) is 23.8 Å². The van der Waals surface area contributed by atoms with Crippen LogP contribution in [0.5, 0.6) is 0 Å². The quantitative estimate of drug-likeness (QED) is 0.730. The first-order valence-corrected chi connectivity index (χ1v) is 3.92. The molecule has 0 radical (unpaired) electrons. The molecule has 0 atom stereocenters. The Kier molecular flexibility index (Phi) is 3.05. The van der Waals surface area contributed by atoms with Crippen LogP contribution in [0.15, 0.2) is 24.5 Å². The highest BCUT2D eigenvalue weighted by atomic mass is 35.5. The normalized spacial score (nSPS) is 9.50. The molecule has 0 aliphatic carbocycles. The minimum atomic E-state index is 0.388. The summed E-state index contributed by atoms with van der Waals surface area (Å²) in [5.41, 5.74) is 1.02. The Morgan fingerprint density at radius 2 is 2.25 bits per heavy atom. The number of halogens is 1. The molecule has 0 aliphatic rings. The van der Waals surface area contributed by atoms with Gasteiger partial charge in [-0.2, -0.15) is 0 Å². The zero-order chi connectivity index (χ0) is 8.97. The molecule has 0 amide bonds. The molecule has 0 saturated heterocycles. The fourth-order valence-corrected chi connectivity index (χ4v) is 0.846. The van der Waals surface area contributed by atoms with Gasteiger partial charge in [0.1, 0.15) is 0 Å². The number of nitrogens with zero attached hydrogens (tertiary/aromatic N) is 2. The van der Waals surface area contributed by atoms with Crippen molar-refractivity contribution in [2.24, 2.45) is 0 Å². The first kappa shape index (κ1) is 9.00. The van der Waals surface area contributed by atoms with Gasteiger partial charge < -0.3 is 5.32 Å². The van der Waals surface area contributed by atoms with Crippen LogP contribution in [-0.2, 0) is 0 Å². The number of rotatable bonds is 3. The van der Waals surface area contributed by atoms with Crippen molar-refractivity contribution in [3.05, 3.63) is 29.7 Å². The van der Waals surface area contributed by atoms with Crippen LogP contribution in [0.2, 0.25) is 5.15 Å². The lowest BCUT2D eigenvalue weighted by Gasteiger charge is -2.04. The fourth-order valence-electron chi connectivity index (χ4n) is 0.674. The summed E-state index contributed by atoms with van der Waals surface area (Å²) in [6.45, 7) is 6.34. The van der Waals surface area contributed by atoms with Gasteiger partial charge in [0.2, 0.25) is 0 Å². The van der Waals surface area contributed by atoms with Crippen LogP contribution < -0.4 is 5.32 Å². The minimum Gasteiger partial charge on any atom is -0.364 e. The predicted octanol–water partition coefficient (Wildman–Crippen LogP) is 2.12. The van der Waals surface area contributed by atoms with Crippen LogP contribution in [0, 0.1) is 0 Å². The molecular formula is C8H10ClN3. The van der Waals surface area contributed by atoms with Crippen molar-refractivity contribution in [1.29, 1.82) is 0 Å². The Morgan fingerprint density at radius 3 is 2.83 bits per heavy atom. The maximum atomic E-state index is 5.74. The average molecular weight is 184 g/mol. The van der Waals surface area contributed by atoms with Gasteiger partial charge in [0.25, 0.3) is 0 Å². The second-order valence-corrected chi connectivity index (χ2v) is 2.86. The molecule has 4 heteroatoms. The zero-order valence-electron chi connectivity index (χ0n) is 6.84. The highest BCUT2D eigenvalue weighted by molar-refractivity contribution is 6.31. The molecule has 0 unspecified atom stereocenters. The monoisotopic (exact) mass is 183 g/mol. The minimum absolute atomic E-state index is 0.388. The van der Waals surface area contributed by atoms with Crippen molar-refractivity contribution in [3.63, 3.8) is 0 Å². The van der Waals surface area contributed by atoms with E-state index in [0.717, 1.165) is 5.57 Å². The Bertz CT molecular complexity index is 285. The number of nitrogens with one attached hydrogen (secondary N) is 1. The zero-order valence-corrected chi connectivity index (χ0v) is 7.60. The van der Waals surface area contributed by atoms with Gasteiger partial charge in [-0.25, -0.2) is 9.97 Å². The molecular weight excluding hydrogens is 174 g/mol. The molecule has 0 aliphatic heterocycles. The van der Waals surface area contributed by atoms with Crippen LogP contribution in [0.25, 0.3) is 0 Å². The van der Waals surface area contributed by atoms with Crippen LogP contribution >= 0.6 is 11.6 Å². The molecule has 0 bridgehead atoms. The van der Waals surface area contributed by atoms with Crippen LogP contribution in [0.3, 0.4) is 0 Å². The van der Waals surface area contributed by atoms with Crippen LogP contribution in [-0.4, -0.2) is 16.5 Å². The molecule has 12 heavy (non-hydrogen) atoms. The molecule has 0 saturated carbocycles. The van der Waals surface area contributed by atoms with Crippen molar-refractivity contribution >= 4 is 17.4 Å². The van der Waals surface area contributed by atoms with Crippen molar-refractivity contribution in [1.82, 2.24) is 9.97 Å². The van der Waals surface area contributed by atoms with Gasteiger partial charge in [0.15, 0.2) is 11.0 Å². The summed E-state index contributed by atoms with van der Waals surface area (Å²) in [4.78, 5) is 7.87. The Hall–Kier alpha value is -1.09. The fraction of sp³-hybridized carbons (Fsp3) is 0.250. The molecule has 1 heterocycles. The number of aromatic nitrogens is 2. The first-order valence-electron chi connectivity index (χ1n) is 3.55. The van der Waals surface area contributed by atoms with Crippen LogP contribution in [0.4, 0.5) is 5.82 Å². The molecule has 1 N–H and O–H groups in total. The largest absolute Gasteiger partial charge is 0.364 e. The third-order valence-electron chi connectivity index (χ3n) is 1.21. The molecule has 0 aromatic carbocycles. The van der Waals surface area contributed by atoms with Crippen LogP contribution in [0.1, 0.15) is 6.92 Å². The Morgan fingerprint density at radius 1 is 1.58 bits per heavy atom. The van der Waals surface area contributed by atoms with Gasteiger partial charge in [-0.15, -0.1) is 0 Å². The van der Waals surface area contributed by atoms with Crippen molar-refractivity contribution < 1.29 is 0 Å². The van der Waals surface area contributed by atoms with E-state index in [0.29, 0.717) is 17.5 Å². The molecule has 0 spiro atoms. The van der Waals surface area contributed by atoms with E-state index in [2.05, 4.69) is 21.9 Å². The predicted molar refractivity (Wildman–Crippen MR) is 50.3 cm³/mol. The van der Waals surface area contributed by atoms with Gasteiger partial charge in [-0.3, -0.25) is 0 Å². The van der Waals surface area contributed by atoms with E-state index in [1.54, 1.807) is 12.4 Å². The summed E-state index contributed by atoms with van der Waals surface area (Å²) in [5, 5.41) is 3.40. The van der Waals surface area contributed by atoms with E-state index in [-0.39, 0.29) is 0 Å². The van der Waals surface area contributed by atoms with E-state index in [4.69, 9.17) is 11.6 Å². The summed E-state index contributed by atoms with van der Waals surface area (Å²) < 4.78 is 0. The molecule has 3 nitrogen and oxygen atoms in total. The lowest BCUT2D eigenvalue weighted by molar-refractivity contribution is 1.13. The molecule has 1 aromatic rings. The third kappa shape index (κ3) is 2.51. The van der Waals surface area contributed by atoms with E-state index >= 15 is 0 Å². The maximum Gasteiger partial charge on any atom is 0.171 e. The Labute approximate surface area is 76.5 Å². The van der Waals surface area contributed by atoms with E-state index < -0.39 is 0 Å². The third-order valence-corrected chi connectivity index (χ3v) is 1.49. The molecule has 0 fully saturated rings. The van der Waals surface area contributed by atoms with Gasteiger partial charge in [-0.05, 0) is 6.92 Å². The SMILES string of the molecule is C=C(C)CNc1nccnc1Cl. The molecule has 1 rings (SSSR count). The molecule has 64 valence electrons. The highest BCUT2D eigenvalue weighted by Gasteiger charge is 1.99. The summed E-state index contributed by atoms with van der Waals surface area (Å²) in [6, 6.07) is 0. The second-order valence-electron chi connectivity index (χ2n) is 2.51. The Balaban J connectivity index is 2.63. The van der Waals surface area contributed by atoms with Gasteiger partial charge >= 0.3 is 0 Å².